The molecule has 0 bridgehead atoms. The Morgan fingerprint density at radius 1 is 1.10 bits per heavy atom. The lowest BCUT2D eigenvalue weighted by Crippen LogP contribution is -2.44. The fourth-order valence-electron chi connectivity index (χ4n) is 5.36. The fourth-order valence-corrected chi connectivity index (χ4v) is 5.36. The first-order chi connectivity index (χ1) is 18.3. The number of alkyl halides is 3. The molecule has 2 aliphatic rings. The van der Waals surface area contributed by atoms with Gasteiger partial charge in [0.05, 0.1) is 0 Å². The number of benzene rings is 1. The zero-order chi connectivity index (χ0) is 28.8. The van der Waals surface area contributed by atoms with Gasteiger partial charge in [-0.15, -0.1) is 0 Å². The molecule has 2 amide bonds. The van der Waals surface area contributed by atoms with Gasteiger partial charge in [0.25, 0.3) is 5.91 Å². The number of likely N-dealkylation sites (N-methyl/N-ethyl adjacent to an activating group) is 1. The van der Waals surface area contributed by atoms with Crippen molar-refractivity contribution in [3.8, 4) is 0 Å². The van der Waals surface area contributed by atoms with E-state index in [4.69, 9.17) is 9.90 Å². The number of carbonyl (C=O) groups excluding carboxylic acids is 2. The minimum atomic E-state index is -5.08. The van der Waals surface area contributed by atoms with Crippen molar-refractivity contribution in [2.45, 2.75) is 50.1 Å². The van der Waals surface area contributed by atoms with Gasteiger partial charge in [-0.2, -0.15) is 13.2 Å². The van der Waals surface area contributed by atoms with Crippen LogP contribution >= 0.6 is 0 Å². The molecule has 39 heavy (non-hydrogen) atoms. The fraction of sp³-hybridized carbons (Fsp3) is 0.500. The Kier molecular flexibility index (Phi) is 9.71. The molecule has 1 aliphatic heterocycles. The van der Waals surface area contributed by atoms with E-state index in [1.807, 2.05) is 38.1 Å². The third kappa shape index (κ3) is 7.78. The van der Waals surface area contributed by atoms with E-state index in [0.717, 1.165) is 44.6 Å². The van der Waals surface area contributed by atoms with Gasteiger partial charge in [0.1, 0.15) is 5.69 Å². The molecule has 11 heteroatoms. The van der Waals surface area contributed by atoms with Crippen LogP contribution in [0.5, 0.6) is 0 Å². The molecule has 2 heterocycles. The van der Waals surface area contributed by atoms with Crippen LogP contribution in [0.25, 0.3) is 0 Å². The highest BCUT2D eigenvalue weighted by atomic mass is 19.4. The molecule has 1 atom stereocenters. The maximum absolute atomic E-state index is 13.0. The van der Waals surface area contributed by atoms with Crippen molar-refractivity contribution in [2.24, 2.45) is 0 Å². The summed E-state index contributed by atoms with van der Waals surface area (Å²) in [7, 11) is 4.02. The van der Waals surface area contributed by atoms with Crippen LogP contribution in [0.1, 0.15) is 58.9 Å². The highest BCUT2D eigenvalue weighted by Gasteiger charge is 2.46. The second-order valence-electron chi connectivity index (χ2n) is 10.4. The third-order valence-electron chi connectivity index (χ3n) is 7.28. The molecule has 1 saturated heterocycles. The van der Waals surface area contributed by atoms with Crippen LogP contribution in [0.15, 0.2) is 42.5 Å². The number of nitrogens with one attached hydrogen (secondary N) is 1. The van der Waals surface area contributed by atoms with Gasteiger partial charge in [-0.05, 0) is 74.9 Å². The molecule has 4 rings (SSSR count). The highest BCUT2D eigenvalue weighted by Crippen LogP contribution is 2.52. The van der Waals surface area contributed by atoms with Crippen LogP contribution in [0.2, 0.25) is 0 Å². The summed E-state index contributed by atoms with van der Waals surface area (Å²) < 4.78 is 31.7. The summed E-state index contributed by atoms with van der Waals surface area (Å²) in [5, 5.41) is 10.2. The van der Waals surface area contributed by atoms with Gasteiger partial charge in [-0.3, -0.25) is 9.59 Å². The van der Waals surface area contributed by atoms with Crippen molar-refractivity contribution in [1.82, 2.24) is 20.1 Å². The van der Waals surface area contributed by atoms with Crippen molar-refractivity contribution in [3.05, 3.63) is 65.0 Å². The zero-order valence-corrected chi connectivity index (χ0v) is 22.4. The van der Waals surface area contributed by atoms with Crippen LogP contribution in [-0.2, 0) is 15.0 Å². The number of carboxylic acids is 1. The quantitative estimate of drug-likeness (QED) is 0.570. The van der Waals surface area contributed by atoms with E-state index in [-0.39, 0.29) is 23.1 Å². The number of pyridine rings is 1. The standard InChI is InChI=1S/C26H34N4O2.C2HF3O2/c1-19-7-6-10-23(28-19)25(32)30-14-11-26(12-15-30)18-20(21-8-4-5-9-22(21)26)17-24(31)27-13-16-29(2)3;3-2(4,5)1(6)7/h4-10,20H,11-18H2,1-3H3,(H,27,31);(H,6,7). The predicted molar refractivity (Wildman–Crippen MR) is 139 cm³/mol. The van der Waals surface area contributed by atoms with E-state index in [1.54, 1.807) is 6.07 Å². The van der Waals surface area contributed by atoms with Gasteiger partial charge in [0.2, 0.25) is 5.91 Å². The Morgan fingerprint density at radius 3 is 2.33 bits per heavy atom. The molecule has 8 nitrogen and oxygen atoms in total. The normalized spacial score (nSPS) is 17.8. The van der Waals surface area contributed by atoms with Crippen molar-refractivity contribution in [2.75, 3.05) is 40.3 Å². The van der Waals surface area contributed by atoms with E-state index in [2.05, 4.69) is 39.5 Å². The lowest BCUT2D eigenvalue weighted by Gasteiger charge is -2.40. The Labute approximate surface area is 226 Å². The summed E-state index contributed by atoms with van der Waals surface area (Å²) in [4.78, 5) is 42.9. The maximum atomic E-state index is 13.0. The van der Waals surface area contributed by atoms with Crippen LogP contribution in [-0.4, -0.2) is 84.1 Å². The number of amides is 2. The number of fused-ring (bicyclic) bond motifs is 2. The number of halogens is 3. The molecule has 0 saturated carbocycles. The van der Waals surface area contributed by atoms with Gasteiger partial charge >= 0.3 is 12.1 Å². The number of hydrogen-bond donors (Lipinski definition) is 2. The maximum Gasteiger partial charge on any atom is 0.490 e. The van der Waals surface area contributed by atoms with Crippen molar-refractivity contribution in [3.63, 3.8) is 0 Å². The molecule has 1 spiro atoms. The predicted octanol–water partition coefficient (Wildman–Crippen LogP) is 3.75. The van der Waals surface area contributed by atoms with E-state index in [0.29, 0.717) is 18.7 Å². The molecule has 0 radical (unpaired) electrons. The first-order valence-electron chi connectivity index (χ1n) is 12.9. The summed E-state index contributed by atoms with van der Waals surface area (Å²) in [5.74, 6) is -2.37. The van der Waals surface area contributed by atoms with Gasteiger partial charge in [-0.25, -0.2) is 9.78 Å². The smallest absolute Gasteiger partial charge is 0.475 e. The Hall–Kier alpha value is -3.47. The van der Waals surface area contributed by atoms with Gasteiger partial charge < -0.3 is 20.2 Å². The van der Waals surface area contributed by atoms with E-state index in [9.17, 15) is 22.8 Å². The van der Waals surface area contributed by atoms with Crippen molar-refractivity contribution < 1.29 is 32.7 Å². The van der Waals surface area contributed by atoms with Crippen LogP contribution in [0.3, 0.4) is 0 Å². The summed E-state index contributed by atoms with van der Waals surface area (Å²) in [6.45, 7) is 4.88. The first-order valence-corrected chi connectivity index (χ1v) is 12.9. The lowest BCUT2D eigenvalue weighted by molar-refractivity contribution is -0.192. The van der Waals surface area contributed by atoms with E-state index >= 15 is 0 Å². The number of rotatable bonds is 6. The largest absolute Gasteiger partial charge is 0.490 e. The number of hydrogen-bond acceptors (Lipinski definition) is 5. The summed E-state index contributed by atoms with van der Waals surface area (Å²) in [6, 6.07) is 14.2. The summed E-state index contributed by atoms with van der Waals surface area (Å²) >= 11 is 0. The third-order valence-corrected chi connectivity index (χ3v) is 7.28. The van der Waals surface area contributed by atoms with Gasteiger partial charge in [-0.1, -0.05) is 30.3 Å². The molecule has 1 aliphatic carbocycles. The Balaban J connectivity index is 0.000000532. The molecule has 212 valence electrons. The molecular formula is C28H35F3N4O4. The molecular weight excluding hydrogens is 513 g/mol. The van der Waals surface area contributed by atoms with Gasteiger partial charge in [0, 0.05) is 38.3 Å². The van der Waals surface area contributed by atoms with E-state index < -0.39 is 12.1 Å². The second kappa shape index (κ2) is 12.6. The monoisotopic (exact) mass is 548 g/mol. The Bertz CT molecular complexity index is 1180. The number of aromatic nitrogens is 1. The number of carbonyl (C=O) groups is 3. The number of likely N-dealkylation sites (tertiary alicyclic amines) is 1. The van der Waals surface area contributed by atoms with Crippen LogP contribution in [0.4, 0.5) is 13.2 Å². The number of piperidine rings is 1. The Morgan fingerprint density at radius 2 is 1.74 bits per heavy atom. The average Bonchev–Trinajstić information content (AvgIpc) is 3.16. The topological polar surface area (TPSA) is 103 Å². The first kappa shape index (κ1) is 30.1. The zero-order valence-electron chi connectivity index (χ0n) is 22.4. The summed E-state index contributed by atoms with van der Waals surface area (Å²) in [5.41, 5.74) is 4.14. The lowest BCUT2D eigenvalue weighted by atomic mass is 9.73. The average molecular weight is 549 g/mol. The minimum Gasteiger partial charge on any atom is -0.475 e. The van der Waals surface area contributed by atoms with Crippen LogP contribution < -0.4 is 5.32 Å². The molecule has 1 aromatic heterocycles. The molecule has 2 aromatic rings. The van der Waals surface area contributed by atoms with E-state index in [1.165, 1.54) is 11.1 Å². The minimum absolute atomic E-state index is 0.0200. The molecule has 2 N–H and O–H groups in total. The SMILES string of the molecule is Cc1cccc(C(=O)N2CCC3(CC2)CC(CC(=O)NCCN(C)C)c2ccccc23)n1.O=C(O)C(F)(F)F. The number of aryl methyl sites for hydroxylation is 1. The van der Waals surface area contributed by atoms with Crippen LogP contribution in [0, 0.1) is 6.92 Å². The number of carboxylic acid groups (broad SMARTS) is 1. The highest BCUT2D eigenvalue weighted by molar-refractivity contribution is 5.92. The van der Waals surface area contributed by atoms with Crippen molar-refractivity contribution in [1.29, 1.82) is 0 Å². The number of aliphatic carboxylic acids is 1. The molecule has 1 fully saturated rings. The summed E-state index contributed by atoms with van der Waals surface area (Å²) in [6.07, 6.45) is -1.71. The second-order valence-corrected chi connectivity index (χ2v) is 10.4. The number of nitrogens with zero attached hydrogens (tertiary/aromatic N) is 3. The van der Waals surface area contributed by atoms with Crippen molar-refractivity contribution >= 4 is 17.8 Å². The molecule has 1 aromatic carbocycles. The van der Waals surface area contributed by atoms with Gasteiger partial charge in [0.15, 0.2) is 0 Å². The molecule has 1 unspecified atom stereocenters.